The molecule has 2 amide bonds. The van der Waals surface area contributed by atoms with E-state index in [9.17, 15) is 9.59 Å². The second-order valence-corrected chi connectivity index (χ2v) is 9.01. The van der Waals surface area contributed by atoms with Gasteiger partial charge in [-0.3, -0.25) is 14.5 Å². The fourth-order valence-corrected chi connectivity index (χ4v) is 4.86. The molecule has 3 aromatic carbocycles. The number of hydrogen-bond acceptors (Lipinski definition) is 3. The van der Waals surface area contributed by atoms with Gasteiger partial charge in [0, 0.05) is 43.1 Å². The van der Waals surface area contributed by atoms with E-state index in [1.54, 1.807) is 6.08 Å². The maximum absolute atomic E-state index is 13.5. The van der Waals surface area contributed by atoms with Crippen LogP contribution < -0.4 is 10.2 Å². The van der Waals surface area contributed by atoms with Crippen LogP contribution in [-0.4, -0.2) is 35.8 Å². The minimum absolute atomic E-state index is 0.00298. The Bertz CT molecular complexity index is 1180. The Kier molecular flexibility index (Phi) is 6.54. The minimum atomic E-state index is -0.0327. The predicted molar refractivity (Wildman–Crippen MR) is 136 cm³/mol. The number of carbonyl (C=O) groups is 2. The number of amides is 2. The van der Waals surface area contributed by atoms with Crippen LogP contribution in [0.25, 0.3) is 6.08 Å². The van der Waals surface area contributed by atoms with E-state index in [2.05, 4.69) is 34.5 Å². The first-order valence-corrected chi connectivity index (χ1v) is 11.9. The van der Waals surface area contributed by atoms with Crippen molar-refractivity contribution in [1.29, 1.82) is 0 Å². The van der Waals surface area contributed by atoms with Gasteiger partial charge in [0.05, 0.1) is 6.42 Å². The number of likely N-dealkylation sites (tertiary alicyclic amines) is 1. The number of nitrogens with zero attached hydrogens (tertiary/aromatic N) is 2. The molecule has 0 spiro atoms. The van der Waals surface area contributed by atoms with Crippen LogP contribution in [0.5, 0.6) is 0 Å². The topological polar surface area (TPSA) is 52.7 Å². The Labute approximate surface area is 200 Å². The van der Waals surface area contributed by atoms with E-state index in [-0.39, 0.29) is 17.9 Å². The van der Waals surface area contributed by atoms with Gasteiger partial charge >= 0.3 is 0 Å². The fraction of sp³-hybridized carbons (Fsp3) is 0.241. The fourth-order valence-electron chi connectivity index (χ4n) is 4.86. The van der Waals surface area contributed by atoms with Gasteiger partial charge in [-0.05, 0) is 47.7 Å². The Morgan fingerprint density at radius 3 is 2.41 bits per heavy atom. The smallest absolute Gasteiger partial charge is 0.251 e. The van der Waals surface area contributed by atoms with Gasteiger partial charge in [-0.25, -0.2) is 0 Å². The predicted octanol–water partition coefficient (Wildman–Crippen LogP) is 4.89. The molecule has 2 aliphatic rings. The van der Waals surface area contributed by atoms with E-state index in [1.807, 2.05) is 65.6 Å². The summed E-state index contributed by atoms with van der Waals surface area (Å²) >= 11 is 0. The van der Waals surface area contributed by atoms with Crippen molar-refractivity contribution in [2.75, 3.05) is 23.3 Å². The van der Waals surface area contributed by atoms with Crippen molar-refractivity contribution >= 4 is 29.3 Å². The summed E-state index contributed by atoms with van der Waals surface area (Å²) in [5.41, 5.74) is 4.95. The van der Waals surface area contributed by atoms with E-state index < -0.39 is 0 Å². The monoisotopic (exact) mass is 451 g/mol. The molecule has 0 saturated carbocycles. The van der Waals surface area contributed by atoms with Crippen LogP contribution in [0.1, 0.15) is 29.5 Å². The van der Waals surface area contributed by atoms with E-state index >= 15 is 0 Å². The van der Waals surface area contributed by atoms with Crippen LogP contribution in [0.4, 0.5) is 11.4 Å². The molecule has 0 radical (unpaired) electrons. The van der Waals surface area contributed by atoms with Crippen molar-refractivity contribution in [3.8, 4) is 0 Å². The lowest BCUT2D eigenvalue weighted by Gasteiger charge is -2.38. The Morgan fingerprint density at radius 1 is 0.971 bits per heavy atom. The standard InChI is InChI=1S/C29H29N3O2/c33-28-19-24-12-13-26(20-27(24)30-28)32(29(34)14-11-22-7-3-1-4-8-22)25-15-17-31(18-16-25)21-23-9-5-2-6-10-23/h1-14,20,25H,15-19,21H2,(H,30,33). The molecule has 1 N–H and O–H groups in total. The van der Waals surface area contributed by atoms with Crippen LogP contribution in [0.2, 0.25) is 0 Å². The Hall–Kier alpha value is -3.70. The SMILES string of the molecule is O=C1Cc2ccc(N(C(=O)C=Cc3ccccc3)C3CCN(Cc4ccccc4)CC3)cc2N1. The summed E-state index contributed by atoms with van der Waals surface area (Å²) in [4.78, 5) is 29.7. The van der Waals surface area contributed by atoms with Crippen LogP contribution in [0.3, 0.4) is 0 Å². The average molecular weight is 452 g/mol. The highest BCUT2D eigenvalue weighted by Gasteiger charge is 2.29. The van der Waals surface area contributed by atoms with E-state index in [1.165, 1.54) is 5.56 Å². The lowest BCUT2D eigenvalue weighted by atomic mass is 10.0. The highest BCUT2D eigenvalue weighted by Crippen LogP contribution is 2.32. The zero-order valence-electron chi connectivity index (χ0n) is 19.2. The number of piperidine rings is 1. The second-order valence-electron chi connectivity index (χ2n) is 9.01. The quantitative estimate of drug-likeness (QED) is 0.543. The summed E-state index contributed by atoms with van der Waals surface area (Å²) < 4.78 is 0. The first kappa shape index (κ1) is 22.1. The van der Waals surface area contributed by atoms with Crippen LogP contribution in [0.15, 0.2) is 84.9 Å². The molecule has 0 atom stereocenters. The van der Waals surface area contributed by atoms with E-state index in [0.717, 1.165) is 55.0 Å². The summed E-state index contributed by atoms with van der Waals surface area (Å²) in [6.45, 7) is 2.81. The van der Waals surface area contributed by atoms with Crippen molar-refractivity contribution in [2.45, 2.75) is 31.8 Å². The van der Waals surface area contributed by atoms with Crippen molar-refractivity contribution in [1.82, 2.24) is 4.90 Å². The molecule has 172 valence electrons. The summed E-state index contributed by atoms with van der Waals surface area (Å²) in [6.07, 6.45) is 5.74. The Morgan fingerprint density at radius 2 is 1.68 bits per heavy atom. The largest absolute Gasteiger partial charge is 0.325 e. The Balaban J connectivity index is 1.35. The number of hydrogen-bond donors (Lipinski definition) is 1. The van der Waals surface area contributed by atoms with Gasteiger partial charge in [0.15, 0.2) is 0 Å². The molecular formula is C29H29N3O2. The third-order valence-corrected chi connectivity index (χ3v) is 6.62. The molecule has 2 aliphatic heterocycles. The number of benzene rings is 3. The van der Waals surface area contributed by atoms with Gasteiger partial charge in [-0.15, -0.1) is 0 Å². The third kappa shape index (κ3) is 5.10. The van der Waals surface area contributed by atoms with Crippen molar-refractivity contribution < 1.29 is 9.59 Å². The lowest BCUT2D eigenvalue weighted by molar-refractivity contribution is -0.115. The molecule has 5 heteroatoms. The van der Waals surface area contributed by atoms with Crippen LogP contribution in [0, 0.1) is 0 Å². The van der Waals surface area contributed by atoms with Gasteiger partial charge in [0.1, 0.15) is 0 Å². The zero-order valence-corrected chi connectivity index (χ0v) is 19.2. The van der Waals surface area contributed by atoms with Gasteiger partial charge in [0.25, 0.3) is 5.91 Å². The first-order valence-electron chi connectivity index (χ1n) is 11.9. The second kappa shape index (κ2) is 10.1. The highest BCUT2D eigenvalue weighted by atomic mass is 16.2. The van der Waals surface area contributed by atoms with Crippen molar-refractivity contribution in [3.63, 3.8) is 0 Å². The van der Waals surface area contributed by atoms with Gasteiger partial charge in [-0.1, -0.05) is 66.7 Å². The maximum atomic E-state index is 13.5. The lowest BCUT2D eigenvalue weighted by Crippen LogP contribution is -2.47. The van der Waals surface area contributed by atoms with Crippen molar-refractivity contribution in [3.05, 3.63) is 102 Å². The number of rotatable bonds is 6. The molecule has 0 bridgehead atoms. The summed E-state index contributed by atoms with van der Waals surface area (Å²) in [6, 6.07) is 26.4. The van der Waals surface area contributed by atoms with Crippen LogP contribution >= 0.6 is 0 Å². The van der Waals surface area contributed by atoms with Crippen molar-refractivity contribution in [2.24, 2.45) is 0 Å². The normalized spacial score (nSPS) is 16.4. The molecule has 0 aliphatic carbocycles. The van der Waals surface area contributed by atoms with Gasteiger partial charge < -0.3 is 10.2 Å². The third-order valence-electron chi connectivity index (χ3n) is 6.62. The molecule has 5 rings (SSSR count). The number of fused-ring (bicyclic) bond motifs is 1. The van der Waals surface area contributed by atoms with Gasteiger partial charge in [0.2, 0.25) is 5.91 Å². The summed E-state index contributed by atoms with van der Waals surface area (Å²) in [5.74, 6) is -0.0298. The molecule has 0 unspecified atom stereocenters. The molecular weight excluding hydrogens is 422 g/mol. The van der Waals surface area contributed by atoms with E-state index in [0.29, 0.717) is 6.42 Å². The van der Waals surface area contributed by atoms with E-state index in [4.69, 9.17) is 0 Å². The highest BCUT2D eigenvalue weighted by molar-refractivity contribution is 6.06. The molecule has 3 aromatic rings. The average Bonchev–Trinajstić information content (AvgIpc) is 3.25. The molecule has 34 heavy (non-hydrogen) atoms. The number of nitrogens with one attached hydrogen (secondary N) is 1. The summed E-state index contributed by atoms with van der Waals surface area (Å²) in [7, 11) is 0. The molecule has 2 heterocycles. The maximum Gasteiger partial charge on any atom is 0.251 e. The molecule has 0 aromatic heterocycles. The number of anilines is 2. The number of carbonyl (C=O) groups excluding carboxylic acids is 2. The zero-order chi connectivity index (χ0) is 23.3. The van der Waals surface area contributed by atoms with Gasteiger partial charge in [-0.2, -0.15) is 0 Å². The summed E-state index contributed by atoms with van der Waals surface area (Å²) in [5, 5.41) is 2.92. The first-order chi connectivity index (χ1) is 16.7. The minimum Gasteiger partial charge on any atom is -0.325 e. The molecule has 5 nitrogen and oxygen atoms in total. The van der Waals surface area contributed by atoms with Crippen LogP contribution in [-0.2, 0) is 22.6 Å². The molecule has 1 fully saturated rings. The molecule has 1 saturated heterocycles.